The zero-order valence-electron chi connectivity index (χ0n) is 12.0. The molecule has 20 heavy (non-hydrogen) atoms. The molecule has 0 unspecified atom stereocenters. The van der Waals surface area contributed by atoms with Crippen molar-refractivity contribution < 1.29 is 5.11 Å². The molecule has 1 aliphatic heterocycles. The lowest BCUT2D eigenvalue weighted by Gasteiger charge is -2.29. The van der Waals surface area contributed by atoms with Crippen LogP contribution in [0.2, 0.25) is 0 Å². The summed E-state index contributed by atoms with van der Waals surface area (Å²) >= 11 is 0. The molecule has 1 aromatic heterocycles. The third-order valence-electron chi connectivity index (χ3n) is 4.30. The predicted octanol–water partition coefficient (Wildman–Crippen LogP) is 2.24. The first-order valence-corrected chi connectivity index (χ1v) is 7.57. The minimum absolute atomic E-state index is 0.176. The minimum Gasteiger partial charge on any atom is -0.392 e. The van der Waals surface area contributed by atoms with Gasteiger partial charge in [-0.3, -0.25) is 0 Å². The molecule has 0 saturated carbocycles. The molecule has 2 N–H and O–H groups in total. The number of aryl methyl sites for hydroxylation is 2. The van der Waals surface area contributed by atoms with Crippen molar-refractivity contribution in [2.24, 2.45) is 0 Å². The van der Waals surface area contributed by atoms with Gasteiger partial charge >= 0.3 is 0 Å². The highest BCUT2D eigenvalue weighted by atomic mass is 16.3. The number of piperidine rings is 1. The zero-order valence-corrected chi connectivity index (χ0v) is 12.0. The van der Waals surface area contributed by atoms with Crippen LogP contribution in [-0.4, -0.2) is 33.3 Å². The van der Waals surface area contributed by atoms with Crippen LogP contribution in [0.15, 0.2) is 24.5 Å². The fraction of sp³-hybridized carbons (Fsp3) is 0.562. The highest BCUT2D eigenvalue weighted by molar-refractivity contribution is 5.78. The van der Waals surface area contributed by atoms with Crippen LogP contribution in [0.4, 0.5) is 0 Å². The Morgan fingerprint density at radius 1 is 1.45 bits per heavy atom. The number of nitrogens with zero attached hydrogens (tertiary/aromatic N) is 2. The number of aromatic nitrogens is 2. The largest absolute Gasteiger partial charge is 0.392 e. The van der Waals surface area contributed by atoms with Crippen LogP contribution < -0.4 is 5.32 Å². The topological polar surface area (TPSA) is 50.1 Å². The van der Waals surface area contributed by atoms with Gasteiger partial charge in [0.15, 0.2) is 0 Å². The number of fused-ring (bicyclic) bond motifs is 1. The highest BCUT2D eigenvalue weighted by Crippen LogP contribution is 2.19. The minimum atomic E-state index is -0.176. The molecule has 2 aromatic rings. The van der Waals surface area contributed by atoms with E-state index in [9.17, 15) is 5.11 Å². The summed E-state index contributed by atoms with van der Waals surface area (Å²) in [6, 6.07) is 6.51. The molecular weight excluding hydrogens is 250 g/mol. The van der Waals surface area contributed by atoms with E-state index in [4.69, 9.17) is 0 Å². The van der Waals surface area contributed by atoms with Gasteiger partial charge in [0, 0.05) is 12.6 Å². The Balaban J connectivity index is 1.62. The van der Waals surface area contributed by atoms with Crippen LogP contribution in [0.3, 0.4) is 0 Å². The maximum absolute atomic E-state index is 9.96. The summed E-state index contributed by atoms with van der Waals surface area (Å²) in [5.41, 5.74) is 3.58. The molecule has 0 radical (unpaired) electrons. The Bertz CT molecular complexity index is 578. The molecule has 1 aromatic carbocycles. The van der Waals surface area contributed by atoms with Crippen LogP contribution in [0.25, 0.3) is 11.0 Å². The van der Waals surface area contributed by atoms with E-state index in [2.05, 4.69) is 40.0 Å². The zero-order chi connectivity index (χ0) is 13.9. The monoisotopic (exact) mass is 273 g/mol. The summed E-state index contributed by atoms with van der Waals surface area (Å²) in [6.07, 6.45) is 5.86. The SMILES string of the molecule is Cc1cccc2ncn(CCC[C@H]3NCCC[C@@H]3O)c12. The van der Waals surface area contributed by atoms with E-state index in [1.807, 2.05) is 6.33 Å². The summed E-state index contributed by atoms with van der Waals surface area (Å²) in [6.45, 7) is 4.13. The van der Waals surface area contributed by atoms with Crippen molar-refractivity contribution in [3.8, 4) is 0 Å². The van der Waals surface area contributed by atoms with Crippen molar-refractivity contribution in [2.45, 2.75) is 51.3 Å². The Morgan fingerprint density at radius 2 is 2.35 bits per heavy atom. The second-order valence-corrected chi connectivity index (χ2v) is 5.79. The summed E-state index contributed by atoms with van der Waals surface area (Å²) in [4.78, 5) is 4.46. The number of benzene rings is 1. The molecule has 4 nitrogen and oxygen atoms in total. The maximum atomic E-state index is 9.96. The number of aliphatic hydroxyl groups excluding tert-OH is 1. The Hall–Kier alpha value is -1.39. The Labute approximate surface area is 119 Å². The van der Waals surface area contributed by atoms with E-state index in [1.165, 1.54) is 11.1 Å². The third kappa shape index (κ3) is 2.72. The van der Waals surface area contributed by atoms with Crippen molar-refractivity contribution in [3.05, 3.63) is 30.1 Å². The normalized spacial score (nSPS) is 23.3. The van der Waals surface area contributed by atoms with E-state index in [-0.39, 0.29) is 12.1 Å². The van der Waals surface area contributed by atoms with Crippen LogP contribution in [-0.2, 0) is 6.54 Å². The van der Waals surface area contributed by atoms with Gasteiger partial charge < -0.3 is 15.0 Å². The molecule has 0 spiro atoms. The number of imidazole rings is 1. The first kappa shape index (κ1) is 13.6. The van der Waals surface area contributed by atoms with Crippen molar-refractivity contribution in [2.75, 3.05) is 6.54 Å². The van der Waals surface area contributed by atoms with Crippen molar-refractivity contribution in [1.82, 2.24) is 14.9 Å². The van der Waals surface area contributed by atoms with E-state index >= 15 is 0 Å². The van der Waals surface area contributed by atoms with E-state index < -0.39 is 0 Å². The van der Waals surface area contributed by atoms with Gasteiger partial charge in [-0.1, -0.05) is 12.1 Å². The quantitative estimate of drug-likeness (QED) is 0.898. The maximum Gasteiger partial charge on any atom is 0.0958 e. The van der Waals surface area contributed by atoms with E-state index in [0.717, 1.165) is 44.3 Å². The van der Waals surface area contributed by atoms with Crippen LogP contribution in [0, 0.1) is 6.92 Å². The highest BCUT2D eigenvalue weighted by Gasteiger charge is 2.21. The average Bonchev–Trinajstić information content (AvgIpc) is 2.86. The lowest BCUT2D eigenvalue weighted by molar-refractivity contribution is 0.0909. The molecule has 1 fully saturated rings. The van der Waals surface area contributed by atoms with Crippen LogP contribution >= 0.6 is 0 Å². The summed E-state index contributed by atoms with van der Waals surface area (Å²) in [7, 11) is 0. The molecule has 2 heterocycles. The van der Waals surface area contributed by atoms with E-state index in [0.29, 0.717) is 0 Å². The average molecular weight is 273 g/mol. The molecule has 0 bridgehead atoms. The smallest absolute Gasteiger partial charge is 0.0958 e. The van der Waals surface area contributed by atoms with Gasteiger partial charge in [0.05, 0.1) is 23.5 Å². The number of para-hydroxylation sites is 1. The van der Waals surface area contributed by atoms with Crippen LogP contribution in [0.1, 0.15) is 31.2 Å². The van der Waals surface area contributed by atoms with Crippen molar-refractivity contribution in [1.29, 1.82) is 0 Å². The molecule has 4 heteroatoms. The fourth-order valence-electron chi connectivity index (χ4n) is 3.19. The Morgan fingerprint density at radius 3 is 3.20 bits per heavy atom. The summed E-state index contributed by atoms with van der Waals surface area (Å²) < 4.78 is 2.24. The third-order valence-corrected chi connectivity index (χ3v) is 4.30. The van der Waals surface area contributed by atoms with Gasteiger partial charge in [0.1, 0.15) is 0 Å². The summed E-state index contributed by atoms with van der Waals surface area (Å²) in [5.74, 6) is 0. The lowest BCUT2D eigenvalue weighted by Crippen LogP contribution is -2.44. The van der Waals surface area contributed by atoms with Gasteiger partial charge in [-0.15, -0.1) is 0 Å². The molecule has 1 aliphatic rings. The van der Waals surface area contributed by atoms with Gasteiger partial charge in [0.25, 0.3) is 0 Å². The van der Waals surface area contributed by atoms with Gasteiger partial charge in [-0.2, -0.15) is 0 Å². The number of hydrogen-bond acceptors (Lipinski definition) is 3. The first-order chi connectivity index (χ1) is 9.75. The number of hydrogen-bond donors (Lipinski definition) is 2. The second kappa shape index (κ2) is 5.94. The molecule has 3 rings (SSSR count). The fourth-order valence-corrected chi connectivity index (χ4v) is 3.19. The summed E-state index contributed by atoms with van der Waals surface area (Å²) in [5, 5.41) is 13.4. The standard InChI is InChI=1S/C16H23N3O/c1-12-5-2-6-14-16(12)19(11-18-14)10-4-7-13-15(20)8-3-9-17-13/h2,5-6,11,13,15,17,20H,3-4,7-10H2,1H3/t13-,15+/m1/s1. The molecule has 2 atom stereocenters. The van der Waals surface area contributed by atoms with Gasteiger partial charge in [0.2, 0.25) is 0 Å². The predicted molar refractivity (Wildman–Crippen MR) is 80.7 cm³/mol. The van der Waals surface area contributed by atoms with Crippen LogP contribution in [0.5, 0.6) is 0 Å². The van der Waals surface area contributed by atoms with Crippen molar-refractivity contribution >= 4 is 11.0 Å². The molecule has 1 saturated heterocycles. The first-order valence-electron chi connectivity index (χ1n) is 7.57. The second-order valence-electron chi connectivity index (χ2n) is 5.79. The number of nitrogens with one attached hydrogen (secondary N) is 1. The molecular formula is C16H23N3O. The number of rotatable bonds is 4. The lowest BCUT2D eigenvalue weighted by atomic mass is 9.97. The Kier molecular flexibility index (Phi) is 4.03. The van der Waals surface area contributed by atoms with Crippen molar-refractivity contribution in [3.63, 3.8) is 0 Å². The molecule has 108 valence electrons. The molecule has 0 amide bonds. The number of aliphatic hydroxyl groups is 1. The molecule has 0 aliphatic carbocycles. The van der Waals surface area contributed by atoms with Gasteiger partial charge in [-0.25, -0.2) is 4.98 Å². The van der Waals surface area contributed by atoms with E-state index in [1.54, 1.807) is 0 Å². The van der Waals surface area contributed by atoms with Gasteiger partial charge in [-0.05, 0) is 50.8 Å².